The summed E-state index contributed by atoms with van der Waals surface area (Å²) in [5.74, 6) is 0.106. The number of hydrogen-bond acceptors (Lipinski definition) is 7. The maximum absolute atomic E-state index is 14.0. The third-order valence-electron chi connectivity index (χ3n) is 6.34. The molecule has 2 N–H and O–H groups in total. The van der Waals surface area contributed by atoms with Crippen molar-refractivity contribution in [1.82, 2.24) is 0 Å². The SMILES string of the molecule is Cc1ccc(OCC(=O)Oc2ccc3c(c2)OC(N)=C(C#N)C3c2cccc(OCc3ccccc3F)c2)cc1. The highest BCUT2D eigenvalue weighted by atomic mass is 19.1. The fourth-order valence-corrected chi connectivity index (χ4v) is 4.34. The Balaban J connectivity index is 1.34. The standard InChI is InChI=1S/C32H25FN2O5/c1-20-9-11-23(12-10-20)38-19-30(36)39-25-13-14-26-29(16-25)40-32(35)27(17-34)31(26)21-6-4-7-24(15-21)37-18-22-5-2-3-8-28(22)33/h2-16,31H,18-19,35H2,1H3. The van der Waals surface area contributed by atoms with Crippen LogP contribution in [0.3, 0.4) is 0 Å². The molecule has 200 valence electrons. The van der Waals surface area contributed by atoms with Crippen molar-refractivity contribution in [2.24, 2.45) is 5.73 Å². The lowest BCUT2D eigenvalue weighted by molar-refractivity contribution is -0.136. The predicted octanol–water partition coefficient (Wildman–Crippen LogP) is 5.92. The molecule has 0 radical (unpaired) electrons. The van der Waals surface area contributed by atoms with Gasteiger partial charge in [0.05, 0.1) is 5.92 Å². The van der Waals surface area contributed by atoms with Gasteiger partial charge in [-0.15, -0.1) is 0 Å². The van der Waals surface area contributed by atoms with E-state index in [1.807, 2.05) is 25.1 Å². The number of hydrogen-bond donors (Lipinski definition) is 1. The Labute approximate surface area is 230 Å². The van der Waals surface area contributed by atoms with Crippen LogP contribution in [-0.4, -0.2) is 12.6 Å². The van der Waals surface area contributed by atoms with Crippen molar-refractivity contribution in [2.75, 3.05) is 6.61 Å². The summed E-state index contributed by atoms with van der Waals surface area (Å²) in [5, 5.41) is 9.89. The number of carbonyl (C=O) groups is 1. The fourth-order valence-electron chi connectivity index (χ4n) is 4.34. The molecular formula is C32H25FN2O5. The van der Waals surface area contributed by atoms with Crippen molar-refractivity contribution in [3.8, 4) is 29.1 Å². The monoisotopic (exact) mass is 536 g/mol. The molecule has 0 spiro atoms. The van der Waals surface area contributed by atoms with E-state index in [1.54, 1.807) is 66.7 Å². The van der Waals surface area contributed by atoms with Gasteiger partial charge in [-0.3, -0.25) is 0 Å². The molecule has 0 saturated heterocycles. The molecule has 0 saturated carbocycles. The van der Waals surface area contributed by atoms with Crippen LogP contribution in [0.4, 0.5) is 4.39 Å². The second-order valence-corrected chi connectivity index (χ2v) is 9.15. The minimum Gasteiger partial charge on any atom is -0.489 e. The minimum absolute atomic E-state index is 0.0476. The third-order valence-corrected chi connectivity index (χ3v) is 6.34. The van der Waals surface area contributed by atoms with Gasteiger partial charge in [0.15, 0.2) is 6.61 Å². The van der Waals surface area contributed by atoms with Gasteiger partial charge in [-0.2, -0.15) is 5.26 Å². The van der Waals surface area contributed by atoms with Crippen LogP contribution in [0.5, 0.6) is 23.0 Å². The third kappa shape index (κ3) is 5.89. The van der Waals surface area contributed by atoms with Crippen molar-refractivity contribution < 1.29 is 28.1 Å². The summed E-state index contributed by atoms with van der Waals surface area (Å²) in [4.78, 5) is 12.4. The maximum atomic E-state index is 14.0. The molecular weight excluding hydrogens is 511 g/mol. The Morgan fingerprint density at radius 3 is 2.50 bits per heavy atom. The van der Waals surface area contributed by atoms with Gasteiger partial charge in [-0.25, -0.2) is 9.18 Å². The second kappa shape index (κ2) is 11.6. The highest BCUT2D eigenvalue weighted by Crippen LogP contribution is 2.44. The van der Waals surface area contributed by atoms with E-state index in [-0.39, 0.29) is 36.2 Å². The molecule has 1 heterocycles. The Kier molecular flexibility index (Phi) is 7.65. The number of nitriles is 1. The Bertz CT molecular complexity index is 1630. The summed E-state index contributed by atoms with van der Waals surface area (Å²) in [6.45, 7) is 1.73. The van der Waals surface area contributed by atoms with E-state index in [0.29, 0.717) is 28.4 Å². The summed E-state index contributed by atoms with van der Waals surface area (Å²) in [6, 6.07) is 27.9. The van der Waals surface area contributed by atoms with E-state index in [0.717, 1.165) is 11.1 Å². The van der Waals surface area contributed by atoms with Gasteiger partial charge in [0.1, 0.15) is 47.1 Å². The number of ether oxygens (including phenoxy) is 4. The average Bonchev–Trinajstić information content (AvgIpc) is 2.96. The van der Waals surface area contributed by atoms with Gasteiger partial charge in [-0.05, 0) is 48.9 Å². The predicted molar refractivity (Wildman–Crippen MR) is 145 cm³/mol. The first kappa shape index (κ1) is 26.3. The number of halogens is 1. The van der Waals surface area contributed by atoms with Gasteiger partial charge in [0.25, 0.3) is 0 Å². The van der Waals surface area contributed by atoms with Crippen LogP contribution in [0, 0.1) is 24.1 Å². The number of allylic oxidation sites excluding steroid dienone is 1. The highest BCUT2D eigenvalue weighted by molar-refractivity contribution is 5.74. The van der Waals surface area contributed by atoms with Gasteiger partial charge in [0, 0.05) is 17.2 Å². The number of nitrogens with two attached hydrogens (primary N) is 1. The van der Waals surface area contributed by atoms with Crippen molar-refractivity contribution in [3.05, 3.63) is 131 Å². The number of aryl methyl sites for hydroxylation is 1. The molecule has 40 heavy (non-hydrogen) atoms. The van der Waals surface area contributed by atoms with E-state index in [9.17, 15) is 14.4 Å². The zero-order chi connectivity index (χ0) is 28.1. The first-order valence-electron chi connectivity index (χ1n) is 12.5. The summed E-state index contributed by atoms with van der Waals surface area (Å²) >= 11 is 0. The molecule has 0 fully saturated rings. The molecule has 4 aromatic carbocycles. The zero-order valence-corrected chi connectivity index (χ0v) is 21.6. The molecule has 7 nitrogen and oxygen atoms in total. The first-order valence-corrected chi connectivity index (χ1v) is 12.5. The second-order valence-electron chi connectivity index (χ2n) is 9.15. The number of esters is 1. The van der Waals surface area contributed by atoms with E-state index >= 15 is 0 Å². The van der Waals surface area contributed by atoms with E-state index in [4.69, 9.17) is 24.7 Å². The fraction of sp³-hybridized carbons (Fsp3) is 0.125. The quantitative estimate of drug-likeness (QED) is 0.220. The first-order chi connectivity index (χ1) is 19.4. The zero-order valence-electron chi connectivity index (χ0n) is 21.6. The lowest BCUT2D eigenvalue weighted by Gasteiger charge is -2.27. The number of nitrogens with zero attached hydrogens (tertiary/aromatic N) is 1. The van der Waals surface area contributed by atoms with Crippen molar-refractivity contribution in [3.63, 3.8) is 0 Å². The van der Waals surface area contributed by atoms with Gasteiger partial charge in [-0.1, -0.05) is 54.1 Å². The van der Waals surface area contributed by atoms with Crippen LogP contribution in [0.1, 0.15) is 28.2 Å². The Morgan fingerprint density at radius 2 is 1.73 bits per heavy atom. The molecule has 5 rings (SSSR count). The van der Waals surface area contributed by atoms with Crippen molar-refractivity contribution in [2.45, 2.75) is 19.4 Å². The molecule has 1 unspecified atom stereocenters. The molecule has 0 bridgehead atoms. The molecule has 1 aliphatic heterocycles. The largest absolute Gasteiger partial charge is 0.489 e. The van der Waals surface area contributed by atoms with Crippen molar-refractivity contribution >= 4 is 5.97 Å². The molecule has 1 atom stereocenters. The summed E-state index contributed by atoms with van der Waals surface area (Å²) in [7, 11) is 0. The molecule has 1 aliphatic rings. The maximum Gasteiger partial charge on any atom is 0.349 e. The van der Waals surface area contributed by atoms with Crippen LogP contribution in [0.15, 0.2) is 102 Å². The molecule has 4 aromatic rings. The smallest absolute Gasteiger partial charge is 0.349 e. The van der Waals surface area contributed by atoms with Crippen LogP contribution in [0.25, 0.3) is 0 Å². The number of carbonyl (C=O) groups excluding carboxylic acids is 1. The van der Waals surface area contributed by atoms with Crippen LogP contribution in [0.2, 0.25) is 0 Å². The molecule has 0 aromatic heterocycles. The van der Waals surface area contributed by atoms with E-state index in [2.05, 4.69) is 6.07 Å². The normalized spacial score (nSPS) is 14.0. The lowest BCUT2D eigenvalue weighted by atomic mass is 9.83. The topological polar surface area (TPSA) is 104 Å². The van der Waals surface area contributed by atoms with Gasteiger partial charge >= 0.3 is 5.97 Å². The molecule has 0 aliphatic carbocycles. The number of rotatable bonds is 8. The van der Waals surface area contributed by atoms with Crippen molar-refractivity contribution in [1.29, 1.82) is 5.26 Å². The molecule has 8 heteroatoms. The average molecular weight is 537 g/mol. The van der Waals surface area contributed by atoms with Gasteiger partial charge < -0.3 is 24.7 Å². The van der Waals surface area contributed by atoms with Crippen LogP contribution in [-0.2, 0) is 11.4 Å². The lowest BCUT2D eigenvalue weighted by Crippen LogP contribution is -2.21. The summed E-state index contributed by atoms with van der Waals surface area (Å²) in [5.41, 5.74) is 9.26. The number of fused-ring (bicyclic) bond motifs is 1. The highest BCUT2D eigenvalue weighted by Gasteiger charge is 2.31. The van der Waals surface area contributed by atoms with E-state index in [1.165, 1.54) is 6.07 Å². The number of benzene rings is 4. The van der Waals surface area contributed by atoms with Crippen LogP contribution >= 0.6 is 0 Å². The van der Waals surface area contributed by atoms with Crippen LogP contribution < -0.4 is 24.7 Å². The molecule has 0 amide bonds. The Hall–Kier alpha value is -5.29. The minimum atomic E-state index is -0.589. The van der Waals surface area contributed by atoms with E-state index < -0.39 is 11.9 Å². The van der Waals surface area contributed by atoms with Gasteiger partial charge in [0.2, 0.25) is 5.88 Å². The summed E-state index contributed by atoms with van der Waals surface area (Å²) in [6.07, 6.45) is 0. The summed E-state index contributed by atoms with van der Waals surface area (Å²) < 4.78 is 36.5. The Morgan fingerprint density at radius 1 is 0.950 bits per heavy atom.